The fourth-order valence-electron chi connectivity index (χ4n) is 3.20. The minimum Gasteiger partial charge on any atom is -0.505 e. The minimum absolute atomic E-state index is 0.454. The van der Waals surface area contributed by atoms with Gasteiger partial charge in [0.15, 0.2) is 0 Å². The molecule has 0 aromatic rings. The molecule has 0 N–H and O–H groups in total. The third-order valence-corrected chi connectivity index (χ3v) is 4.83. The van der Waals surface area contributed by atoms with Crippen LogP contribution in [-0.2, 0) is 33.2 Å². The number of fused-ring (bicyclic) bond motifs is 3. The highest BCUT2D eigenvalue weighted by Crippen LogP contribution is 2.33. The van der Waals surface area contributed by atoms with E-state index in [4.69, 9.17) is 18.9 Å². The lowest BCUT2D eigenvalue weighted by Crippen LogP contribution is -2.13. The summed E-state index contributed by atoms with van der Waals surface area (Å²) in [5, 5.41) is 0. The zero-order valence-electron chi connectivity index (χ0n) is 21.4. The first-order valence-electron chi connectivity index (χ1n) is 11.6. The zero-order valence-corrected chi connectivity index (χ0v) is 21.4. The topological polar surface area (TPSA) is 64.6 Å². The van der Waals surface area contributed by atoms with Crippen LogP contribution < -0.4 is 0 Å². The first-order valence-corrected chi connectivity index (χ1v) is 11.6. The smallest absolute Gasteiger partial charge is 0.0870 e. The quantitative estimate of drug-likeness (QED) is 0.359. The lowest BCUT2D eigenvalue weighted by molar-refractivity contribution is 0.0732. The Balaban J connectivity index is 0. The average Bonchev–Trinajstić information content (AvgIpc) is 3.67. The molecule has 7 nitrogen and oxygen atoms in total. The van der Waals surface area contributed by atoms with Gasteiger partial charge in [-0.05, 0) is 44.9 Å². The van der Waals surface area contributed by atoms with E-state index < -0.39 is 0 Å². The van der Waals surface area contributed by atoms with Crippen molar-refractivity contribution in [2.75, 3.05) is 41.2 Å². The van der Waals surface area contributed by atoms with Gasteiger partial charge in [-0.15, -0.1) is 0 Å². The molecule has 4 aliphatic heterocycles. The summed E-state index contributed by atoms with van der Waals surface area (Å²) in [6.45, 7) is 17.8. The molecular formula is C26H48O7. The zero-order chi connectivity index (χ0) is 25.2. The minimum atomic E-state index is 0.454. The molecule has 0 amide bonds. The summed E-state index contributed by atoms with van der Waals surface area (Å²) in [4.78, 5) is 0. The monoisotopic (exact) mass is 472 g/mol. The molecule has 194 valence electrons. The largest absolute Gasteiger partial charge is 0.505 e. The maximum Gasteiger partial charge on any atom is 0.0870 e. The Morgan fingerprint density at radius 2 is 1.03 bits per heavy atom. The molecule has 0 aromatic heterocycles. The second-order valence-corrected chi connectivity index (χ2v) is 7.18. The van der Waals surface area contributed by atoms with Gasteiger partial charge in [0.25, 0.3) is 0 Å². The molecule has 2 unspecified atom stereocenters. The number of hydrogen-bond acceptors (Lipinski definition) is 7. The molecular weight excluding hydrogens is 424 g/mol. The van der Waals surface area contributed by atoms with Crippen LogP contribution in [0.1, 0.15) is 51.9 Å². The van der Waals surface area contributed by atoms with Crippen molar-refractivity contribution in [3.05, 3.63) is 51.4 Å². The summed E-state index contributed by atoms with van der Waals surface area (Å²) in [7, 11) is 4.69. The molecule has 33 heavy (non-hydrogen) atoms. The number of hydrogen-bond donors (Lipinski definition) is 0. The maximum atomic E-state index is 5.47. The molecule has 4 fully saturated rings. The Morgan fingerprint density at radius 3 is 1.21 bits per heavy atom. The molecule has 0 aliphatic carbocycles. The van der Waals surface area contributed by atoms with E-state index in [0.717, 1.165) is 39.1 Å². The van der Waals surface area contributed by atoms with E-state index in [1.54, 1.807) is 21.3 Å². The van der Waals surface area contributed by atoms with E-state index in [-0.39, 0.29) is 0 Å². The summed E-state index contributed by atoms with van der Waals surface area (Å²) in [5.74, 6) is 0. The average molecular weight is 473 g/mol. The van der Waals surface area contributed by atoms with Gasteiger partial charge in [0, 0.05) is 13.2 Å². The molecule has 4 saturated heterocycles. The van der Waals surface area contributed by atoms with Crippen molar-refractivity contribution < 1.29 is 33.2 Å². The molecule has 4 heterocycles. The highest BCUT2D eigenvalue weighted by atomic mass is 16.6. The van der Waals surface area contributed by atoms with Gasteiger partial charge in [0.1, 0.15) is 0 Å². The van der Waals surface area contributed by atoms with Crippen LogP contribution in [-0.4, -0.2) is 65.6 Å². The van der Waals surface area contributed by atoms with E-state index >= 15 is 0 Å². The highest BCUT2D eigenvalue weighted by Gasteiger charge is 2.33. The third-order valence-electron chi connectivity index (χ3n) is 4.83. The summed E-state index contributed by atoms with van der Waals surface area (Å²) in [6, 6.07) is 0. The van der Waals surface area contributed by atoms with Crippen LogP contribution >= 0.6 is 0 Å². The fraction of sp³-hybridized carbons (Fsp3) is 0.692. The molecule has 2 atom stereocenters. The Morgan fingerprint density at radius 1 is 0.667 bits per heavy atom. The molecule has 0 saturated carbocycles. The lowest BCUT2D eigenvalue weighted by atomic mass is 10.0. The van der Waals surface area contributed by atoms with Gasteiger partial charge in [0.05, 0.1) is 77.4 Å². The molecule has 7 heteroatoms. The third kappa shape index (κ3) is 20.4. The van der Waals surface area contributed by atoms with Crippen LogP contribution in [0.4, 0.5) is 0 Å². The number of methoxy groups -OCH3 is 3. The normalized spacial score (nSPS) is 24.4. The van der Waals surface area contributed by atoms with Crippen molar-refractivity contribution in [2.45, 2.75) is 76.3 Å². The maximum absolute atomic E-state index is 5.47. The predicted molar refractivity (Wildman–Crippen MR) is 134 cm³/mol. The summed E-state index contributed by atoms with van der Waals surface area (Å²) >= 11 is 0. The number of ether oxygens (including phenoxy) is 7. The van der Waals surface area contributed by atoms with Gasteiger partial charge in [-0.25, -0.2) is 0 Å². The molecule has 4 rings (SSSR count). The molecule has 0 spiro atoms. The van der Waals surface area contributed by atoms with Gasteiger partial charge in [-0.1, -0.05) is 33.2 Å². The highest BCUT2D eigenvalue weighted by molar-refractivity contribution is 4.82. The molecule has 2 bridgehead atoms. The van der Waals surface area contributed by atoms with Crippen molar-refractivity contribution in [3.8, 4) is 0 Å². The van der Waals surface area contributed by atoms with E-state index in [9.17, 15) is 0 Å². The van der Waals surface area contributed by atoms with Crippen LogP contribution in [0.2, 0.25) is 0 Å². The van der Waals surface area contributed by atoms with Crippen LogP contribution in [0, 0.1) is 0 Å². The van der Waals surface area contributed by atoms with Gasteiger partial charge < -0.3 is 33.2 Å². The standard InChI is InChI=1S/C6H10O2.C6H10O.C5H10O.3C3H6O/c1-3-7-6-2-4-8-5(1)6;1-2-6-4-3-5(1)7-6;1-3-5-6-4-2;3*1-3-4-2/h5-6H,1-4H2;5-6H,1-4H2;4H,2-3,5H2,1H3;3*3H,1H2,2H3. The van der Waals surface area contributed by atoms with E-state index in [0.29, 0.717) is 24.4 Å². The van der Waals surface area contributed by atoms with E-state index in [1.807, 2.05) is 0 Å². The summed E-state index contributed by atoms with van der Waals surface area (Å²) in [6.07, 6.45) is 16.5. The SMILES string of the molecule is C1CC2CCC1O2.C1CC2OCCC2O1.C=COC.C=COC.C=COC.C=COCCC. The van der Waals surface area contributed by atoms with Crippen LogP contribution in [0.25, 0.3) is 0 Å². The van der Waals surface area contributed by atoms with Crippen LogP contribution in [0.15, 0.2) is 51.4 Å². The van der Waals surface area contributed by atoms with Crippen LogP contribution in [0.3, 0.4) is 0 Å². The second-order valence-electron chi connectivity index (χ2n) is 7.18. The predicted octanol–water partition coefficient (Wildman–Crippen LogP) is 5.78. The summed E-state index contributed by atoms with van der Waals surface area (Å²) < 4.78 is 33.8. The van der Waals surface area contributed by atoms with Crippen molar-refractivity contribution in [1.29, 1.82) is 0 Å². The second kappa shape index (κ2) is 26.3. The van der Waals surface area contributed by atoms with Crippen molar-refractivity contribution in [1.82, 2.24) is 0 Å². The Hall–Kier alpha value is -1.96. The lowest BCUT2D eigenvalue weighted by Gasteiger charge is -2.03. The van der Waals surface area contributed by atoms with Gasteiger partial charge in [-0.2, -0.15) is 0 Å². The van der Waals surface area contributed by atoms with E-state index in [1.165, 1.54) is 50.7 Å². The Bertz CT molecular complexity index is 399. The summed E-state index contributed by atoms with van der Waals surface area (Å²) in [5.41, 5.74) is 0. The van der Waals surface area contributed by atoms with Gasteiger partial charge in [0.2, 0.25) is 0 Å². The Labute approximate surface area is 202 Å². The van der Waals surface area contributed by atoms with Crippen molar-refractivity contribution in [2.24, 2.45) is 0 Å². The molecule has 0 radical (unpaired) electrons. The number of rotatable bonds is 6. The Kier molecular flexibility index (Phi) is 26.5. The fourth-order valence-corrected chi connectivity index (χ4v) is 3.20. The van der Waals surface area contributed by atoms with Gasteiger partial charge >= 0.3 is 0 Å². The van der Waals surface area contributed by atoms with Crippen molar-refractivity contribution in [3.63, 3.8) is 0 Å². The van der Waals surface area contributed by atoms with Crippen molar-refractivity contribution >= 4 is 0 Å². The molecule has 0 aromatic carbocycles. The van der Waals surface area contributed by atoms with Gasteiger partial charge in [-0.3, -0.25) is 0 Å². The van der Waals surface area contributed by atoms with E-state index in [2.05, 4.69) is 47.5 Å². The molecule has 4 aliphatic rings. The first-order chi connectivity index (χ1) is 16.1. The van der Waals surface area contributed by atoms with Crippen LogP contribution in [0.5, 0.6) is 0 Å². The first kappa shape index (κ1) is 33.2.